The molecule has 1 aromatic carbocycles. The van der Waals surface area contributed by atoms with Gasteiger partial charge in [-0.25, -0.2) is 9.50 Å². The Labute approximate surface area is 149 Å². The predicted octanol–water partition coefficient (Wildman–Crippen LogP) is 4.11. The maximum Gasteiger partial charge on any atom is 0.272 e. The van der Waals surface area contributed by atoms with Gasteiger partial charge in [0.2, 0.25) is 0 Å². The normalized spacial score (nSPS) is 12.5. The predicted molar refractivity (Wildman–Crippen MR) is 97.1 cm³/mol. The Morgan fingerprint density at radius 1 is 1.17 bits per heavy atom. The van der Waals surface area contributed by atoms with Crippen LogP contribution in [-0.2, 0) is 0 Å². The van der Waals surface area contributed by atoms with Crippen LogP contribution < -0.4 is 5.32 Å². The third-order valence-electron chi connectivity index (χ3n) is 3.97. The first-order chi connectivity index (χ1) is 11.4. The molecule has 2 heterocycles. The number of fused-ring (bicyclic) bond motifs is 1. The molecule has 5 nitrogen and oxygen atoms in total. The van der Waals surface area contributed by atoms with Crippen molar-refractivity contribution < 1.29 is 4.79 Å². The first kappa shape index (κ1) is 16.6. The van der Waals surface area contributed by atoms with Crippen molar-refractivity contribution in [3.63, 3.8) is 0 Å². The van der Waals surface area contributed by atoms with E-state index in [0.717, 1.165) is 10.0 Å². The van der Waals surface area contributed by atoms with Gasteiger partial charge >= 0.3 is 0 Å². The monoisotopic (exact) mass is 386 g/mol. The largest absolute Gasteiger partial charge is 0.344 e. The molecule has 0 fully saturated rings. The summed E-state index contributed by atoms with van der Waals surface area (Å²) in [4.78, 5) is 16.7. The van der Waals surface area contributed by atoms with Crippen LogP contribution in [0, 0.1) is 0 Å². The Balaban J connectivity index is 1.75. The number of hydrogen-bond acceptors (Lipinski definition) is 3. The lowest BCUT2D eigenvalue weighted by Crippen LogP contribution is -2.27. The molecule has 0 aliphatic rings. The van der Waals surface area contributed by atoms with Gasteiger partial charge in [-0.05, 0) is 39.9 Å². The van der Waals surface area contributed by atoms with E-state index in [1.807, 2.05) is 6.92 Å². The molecule has 3 rings (SSSR count). The van der Waals surface area contributed by atoms with E-state index in [-0.39, 0.29) is 11.9 Å². The maximum absolute atomic E-state index is 12.4. The number of nitrogens with one attached hydrogen (secondary N) is 1. The molecule has 1 amide bonds. The number of hydrogen-bond donors (Lipinski definition) is 1. The highest BCUT2D eigenvalue weighted by Crippen LogP contribution is 2.19. The molecule has 0 radical (unpaired) electrons. The summed E-state index contributed by atoms with van der Waals surface area (Å²) in [5.41, 5.74) is 3.34. The van der Waals surface area contributed by atoms with Crippen molar-refractivity contribution in [3.8, 4) is 0 Å². The molecular formula is C18H19BrN4O. The smallest absolute Gasteiger partial charge is 0.272 e. The van der Waals surface area contributed by atoms with E-state index in [9.17, 15) is 4.79 Å². The molecule has 24 heavy (non-hydrogen) atoms. The average molecular weight is 387 g/mol. The van der Waals surface area contributed by atoms with Crippen molar-refractivity contribution in [1.82, 2.24) is 19.9 Å². The number of halogens is 1. The molecule has 0 unspecified atom stereocenters. The minimum Gasteiger partial charge on any atom is -0.344 e. The highest BCUT2D eigenvalue weighted by Gasteiger charge is 2.15. The summed E-state index contributed by atoms with van der Waals surface area (Å²) >= 11 is 3.34. The molecule has 2 aromatic heterocycles. The molecule has 124 valence electrons. The third-order valence-corrected chi connectivity index (χ3v) is 4.37. The molecule has 1 N–H and O–H groups in total. The van der Waals surface area contributed by atoms with E-state index < -0.39 is 0 Å². The van der Waals surface area contributed by atoms with E-state index in [2.05, 4.69) is 69.4 Å². The van der Waals surface area contributed by atoms with Crippen molar-refractivity contribution in [2.24, 2.45) is 0 Å². The summed E-state index contributed by atoms with van der Waals surface area (Å²) in [5, 5.41) is 7.25. The van der Waals surface area contributed by atoms with Gasteiger partial charge in [-0.3, -0.25) is 4.79 Å². The summed E-state index contributed by atoms with van der Waals surface area (Å²) in [6.45, 7) is 6.29. The van der Waals surface area contributed by atoms with Gasteiger partial charge < -0.3 is 5.32 Å². The van der Waals surface area contributed by atoms with Gasteiger partial charge in [0.25, 0.3) is 5.91 Å². The van der Waals surface area contributed by atoms with Gasteiger partial charge in [-0.2, -0.15) is 5.10 Å². The number of carbonyl (C=O) groups excluding carboxylic acids is 1. The summed E-state index contributed by atoms with van der Waals surface area (Å²) in [5.74, 6) is 0.283. The highest BCUT2D eigenvalue weighted by molar-refractivity contribution is 9.10. The lowest BCUT2D eigenvalue weighted by atomic mass is 9.99. The second kappa shape index (κ2) is 6.73. The topological polar surface area (TPSA) is 59.3 Å². The third kappa shape index (κ3) is 3.48. The van der Waals surface area contributed by atoms with Crippen LogP contribution in [0.1, 0.15) is 54.3 Å². The van der Waals surface area contributed by atoms with E-state index in [1.54, 1.807) is 23.0 Å². The molecule has 0 saturated carbocycles. The number of benzene rings is 1. The Bertz CT molecular complexity index is 870. The lowest BCUT2D eigenvalue weighted by Gasteiger charge is -2.14. The fourth-order valence-corrected chi connectivity index (χ4v) is 2.78. The second-order valence-electron chi connectivity index (χ2n) is 6.12. The lowest BCUT2D eigenvalue weighted by molar-refractivity contribution is 0.0934. The van der Waals surface area contributed by atoms with Crippen molar-refractivity contribution >= 4 is 27.5 Å². The summed E-state index contributed by atoms with van der Waals surface area (Å²) in [6.07, 6.45) is 3.45. The molecule has 0 spiro atoms. The zero-order valence-electron chi connectivity index (χ0n) is 13.8. The Morgan fingerprint density at radius 3 is 2.50 bits per heavy atom. The van der Waals surface area contributed by atoms with E-state index in [1.165, 1.54) is 5.56 Å². The fraction of sp³-hybridized carbons (Fsp3) is 0.278. The van der Waals surface area contributed by atoms with Crippen LogP contribution >= 0.6 is 15.9 Å². The molecule has 0 aliphatic carbocycles. The van der Waals surface area contributed by atoms with E-state index in [0.29, 0.717) is 17.3 Å². The highest BCUT2D eigenvalue weighted by atomic mass is 79.9. The van der Waals surface area contributed by atoms with Crippen molar-refractivity contribution in [1.29, 1.82) is 0 Å². The van der Waals surface area contributed by atoms with Crippen LogP contribution in [0.5, 0.6) is 0 Å². The standard InChI is InChI=1S/C18H19BrN4O/c1-11(2)13-4-6-14(7-5-13)12(3)21-18(24)16-8-17-20-9-15(19)10-23(17)22-16/h4-12H,1-3H3,(H,21,24)/t12-/m0/s1. The zero-order chi connectivity index (χ0) is 17.3. The van der Waals surface area contributed by atoms with E-state index in [4.69, 9.17) is 0 Å². The zero-order valence-corrected chi connectivity index (χ0v) is 15.4. The molecule has 1 atom stereocenters. The quantitative estimate of drug-likeness (QED) is 0.733. The van der Waals surface area contributed by atoms with Crippen LogP contribution in [0.2, 0.25) is 0 Å². The minimum absolute atomic E-state index is 0.0942. The first-order valence-corrected chi connectivity index (χ1v) is 8.65. The Hall–Kier alpha value is -2.21. The number of amides is 1. The van der Waals surface area contributed by atoms with Crippen LogP contribution in [0.3, 0.4) is 0 Å². The van der Waals surface area contributed by atoms with Gasteiger partial charge in [-0.1, -0.05) is 38.1 Å². The number of rotatable bonds is 4. The molecule has 0 saturated heterocycles. The number of aromatic nitrogens is 3. The first-order valence-electron chi connectivity index (χ1n) is 7.85. The summed E-state index contributed by atoms with van der Waals surface area (Å²) < 4.78 is 2.39. The number of carbonyl (C=O) groups is 1. The van der Waals surface area contributed by atoms with Gasteiger partial charge in [-0.15, -0.1) is 0 Å². The summed E-state index contributed by atoms with van der Waals surface area (Å²) in [6, 6.07) is 9.91. The minimum atomic E-state index is -0.211. The van der Waals surface area contributed by atoms with Crippen LogP contribution in [0.25, 0.3) is 5.65 Å². The summed E-state index contributed by atoms with van der Waals surface area (Å²) in [7, 11) is 0. The molecular weight excluding hydrogens is 368 g/mol. The van der Waals surface area contributed by atoms with Crippen molar-refractivity contribution in [2.45, 2.75) is 32.7 Å². The van der Waals surface area contributed by atoms with Gasteiger partial charge in [0.05, 0.1) is 10.5 Å². The SMILES string of the molecule is CC(C)c1ccc([C@H](C)NC(=O)c2cc3ncc(Br)cn3n2)cc1. The van der Waals surface area contributed by atoms with Crippen LogP contribution in [-0.4, -0.2) is 20.5 Å². The molecule has 0 aliphatic heterocycles. The number of nitrogens with zero attached hydrogens (tertiary/aromatic N) is 3. The van der Waals surface area contributed by atoms with E-state index >= 15 is 0 Å². The van der Waals surface area contributed by atoms with Crippen molar-refractivity contribution in [2.75, 3.05) is 0 Å². The van der Waals surface area contributed by atoms with Gasteiger partial charge in [0.15, 0.2) is 11.3 Å². The molecule has 6 heteroatoms. The Kier molecular flexibility index (Phi) is 4.66. The second-order valence-corrected chi connectivity index (χ2v) is 7.04. The maximum atomic E-state index is 12.4. The van der Waals surface area contributed by atoms with Gasteiger partial charge in [0.1, 0.15) is 0 Å². The average Bonchev–Trinajstić information content (AvgIpc) is 2.98. The van der Waals surface area contributed by atoms with Crippen molar-refractivity contribution in [3.05, 3.63) is 64.0 Å². The molecule has 3 aromatic rings. The molecule has 0 bridgehead atoms. The fourth-order valence-electron chi connectivity index (χ4n) is 2.49. The van der Waals surface area contributed by atoms with Gasteiger partial charge in [0, 0.05) is 18.5 Å². The van der Waals surface area contributed by atoms with Crippen LogP contribution in [0.15, 0.2) is 47.2 Å². The Morgan fingerprint density at radius 2 is 1.83 bits per heavy atom. The van der Waals surface area contributed by atoms with Crippen LogP contribution in [0.4, 0.5) is 0 Å².